The van der Waals surface area contributed by atoms with Crippen LogP contribution in [0.25, 0.3) is 0 Å². The average molecular weight is 224 g/mol. The molecule has 3 heteroatoms. The topological polar surface area (TPSA) is 0 Å². The van der Waals surface area contributed by atoms with E-state index in [1.165, 1.54) is 6.92 Å². The molecule has 0 saturated carbocycles. The van der Waals surface area contributed by atoms with Gasteiger partial charge >= 0.3 is 6.18 Å². The fourth-order valence-electron chi connectivity index (χ4n) is 2.35. The van der Waals surface area contributed by atoms with Crippen LogP contribution in [-0.4, -0.2) is 6.18 Å². The van der Waals surface area contributed by atoms with Crippen molar-refractivity contribution < 1.29 is 13.2 Å². The van der Waals surface area contributed by atoms with E-state index in [2.05, 4.69) is 0 Å². The van der Waals surface area contributed by atoms with Crippen molar-refractivity contribution in [3.63, 3.8) is 0 Å². The van der Waals surface area contributed by atoms with Gasteiger partial charge in [-0.1, -0.05) is 41.5 Å². The van der Waals surface area contributed by atoms with Crippen LogP contribution in [-0.2, 0) is 0 Å². The summed E-state index contributed by atoms with van der Waals surface area (Å²) in [6.07, 6.45) is -3.03. The molecule has 0 heterocycles. The molecule has 0 aromatic heterocycles. The van der Waals surface area contributed by atoms with E-state index < -0.39 is 22.9 Å². The summed E-state index contributed by atoms with van der Waals surface area (Å²) in [6.45, 7) is 10.1. The molecule has 0 rings (SSSR count). The Morgan fingerprint density at radius 1 is 0.933 bits per heavy atom. The first-order valence-corrected chi connectivity index (χ1v) is 5.63. The molecule has 0 amide bonds. The van der Waals surface area contributed by atoms with E-state index in [4.69, 9.17) is 0 Å². The van der Waals surface area contributed by atoms with E-state index in [1.54, 1.807) is 20.8 Å². The molecular weight excluding hydrogens is 201 g/mol. The van der Waals surface area contributed by atoms with Crippen LogP contribution in [0.2, 0.25) is 0 Å². The predicted molar refractivity (Wildman–Crippen MR) is 57.7 cm³/mol. The van der Waals surface area contributed by atoms with Crippen LogP contribution >= 0.6 is 0 Å². The molecule has 0 aromatic carbocycles. The first kappa shape index (κ1) is 14.8. The van der Waals surface area contributed by atoms with Gasteiger partial charge in [0.1, 0.15) is 0 Å². The second kappa shape index (κ2) is 4.34. The van der Waals surface area contributed by atoms with E-state index >= 15 is 0 Å². The monoisotopic (exact) mass is 224 g/mol. The first-order chi connectivity index (χ1) is 6.56. The lowest BCUT2D eigenvalue weighted by Gasteiger charge is -2.49. The smallest absolute Gasteiger partial charge is 0.170 e. The Hall–Kier alpha value is -0.210. The van der Waals surface area contributed by atoms with Crippen molar-refractivity contribution in [2.75, 3.05) is 0 Å². The van der Waals surface area contributed by atoms with Crippen molar-refractivity contribution in [2.24, 2.45) is 16.7 Å². The van der Waals surface area contributed by atoms with Crippen LogP contribution in [0.3, 0.4) is 0 Å². The third-order valence-corrected chi connectivity index (χ3v) is 4.56. The van der Waals surface area contributed by atoms with E-state index in [9.17, 15) is 13.2 Å². The minimum absolute atomic E-state index is 0.401. The molecule has 1 unspecified atom stereocenters. The van der Waals surface area contributed by atoms with Crippen LogP contribution in [0.1, 0.15) is 54.4 Å². The van der Waals surface area contributed by atoms with E-state index in [0.717, 1.165) is 0 Å². The Kier molecular flexibility index (Phi) is 4.28. The number of hydrogen-bond acceptors (Lipinski definition) is 0. The fraction of sp³-hybridized carbons (Fsp3) is 1.00. The van der Waals surface area contributed by atoms with Gasteiger partial charge in [-0.15, -0.1) is 0 Å². The highest BCUT2D eigenvalue weighted by Gasteiger charge is 2.61. The molecule has 0 aromatic rings. The Bertz CT molecular complexity index is 201. The molecule has 15 heavy (non-hydrogen) atoms. The summed E-state index contributed by atoms with van der Waals surface area (Å²) < 4.78 is 39.7. The summed E-state index contributed by atoms with van der Waals surface area (Å²) in [6, 6.07) is 0. The molecule has 0 saturated heterocycles. The fourth-order valence-corrected chi connectivity index (χ4v) is 2.35. The van der Waals surface area contributed by atoms with Crippen molar-refractivity contribution >= 4 is 0 Å². The molecule has 0 aliphatic heterocycles. The SMILES string of the molecule is CCC(C)(CC)C(C)(C(C)C)C(F)(F)F. The second-order valence-electron chi connectivity index (χ2n) is 5.12. The standard InChI is InChI=1S/C12H23F3/c1-7-10(5,8-2)11(6,9(3)4)12(13,14)15/h9H,7-8H2,1-6H3. The maximum absolute atomic E-state index is 13.2. The molecule has 0 spiro atoms. The lowest BCUT2D eigenvalue weighted by molar-refractivity contribution is -0.274. The van der Waals surface area contributed by atoms with Crippen molar-refractivity contribution in [1.82, 2.24) is 0 Å². The molecule has 0 radical (unpaired) electrons. The number of alkyl halides is 3. The zero-order valence-electron chi connectivity index (χ0n) is 10.6. The summed E-state index contributed by atoms with van der Waals surface area (Å²) in [5.41, 5.74) is -2.29. The van der Waals surface area contributed by atoms with Crippen LogP contribution in [0, 0.1) is 16.7 Å². The summed E-state index contributed by atoms with van der Waals surface area (Å²) in [5, 5.41) is 0. The summed E-state index contributed by atoms with van der Waals surface area (Å²) >= 11 is 0. The van der Waals surface area contributed by atoms with Gasteiger partial charge in [0.15, 0.2) is 0 Å². The van der Waals surface area contributed by atoms with Crippen molar-refractivity contribution in [1.29, 1.82) is 0 Å². The highest BCUT2D eigenvalue weighted by Crippen LogP contribution is 2.58. The van der Waals surface area contributed by atoms with Gasteiger partial charge < -0.3 is 0 Å². The molecular formula is C12H23F3. The highest BCUT2D eigenvalue weighted by atomic mass is 19.4. The quantitative estimate of drug-likeness (QED) is 0.627. The third-order valence-electron chi connectivity index (χ3n) is 4.56. The maximum atomic E-state index is 13.2. The van der Waals surface area contributed by atoms with Crippen molar-refractivity contribution in [3.8, 4) is 0 Å². The van der Waals surface area contributed by atoms with Crippen molar-refractivity contribution in [2.45, 2.75) is 60.6 Å². The lowest BCUT2D eigenvalue weighted by Crippen LogP contribution is -2.51. The van der Waals surface area contributed by atoms with E-state index in [0.29, 0.717) is 12.8 Å². The molecule has 0 bridgehead atoms. The second-order valence-corrected chi connectivity index (χ2v) is 5.12. The molecule has 0 fully saturated rings. The van der Waals surface area contributed by atoms with Gasteiger partial charge in [-0.2, -0.15) is 13.2 Å². The minimum atomic E-state index is -4.14. The van der Waals surface area contributed by atoms with Crippen LogP contribution in [0.4, 0.5) is 13.2 Å². The van der Waals surface area contributed by atoms with Crippen LogP contribution < -0.4 is 0 Å². The zero-order valence-corrected chi connectivity index (χ0v) is 10.6. The van der Waals surface area contributed by atoms with Gasteiger partial charge in [-0.3, -0.25) is 0 Å². The average Bonchev–Trinajstić information content (AvgIpc) is 2.13. The summed E-state index contributed by atoms with van der Waals surface area (Å²) in [7, 11) is 0. The van der Waals surface area contributed by atoms with E-state index in [-0.39, 0.29) is 0 Å². The Morgan fingerprint density at radius 3 is 1.33 bits per heavy atom. The minimum Gasteiger partial charge on any atom is -0.170 e. The Morgan fingerprint density at radius 2 is 1.27 bits per heavy atom. The van der Waals surface area contributed by atoms with E-state index in [1.807, 2.05) is 13.8 Å². The number of hydrogen-bond donors (Lipinski definition) is 0. The van der Waals surface area contributed by atoms with Crippen molar-refractivity contribution in [3.05, 3.63) is 0 Å². The molecule has 0 aliphatic rings. The molecule has 1 atom stereocenters. The van der Waals surface area contributed by atoms with Gasteiger partial charge in [0.05, 0.1) is 5.41 Å². The lowest BCUT2D eigenvalue weighted by atomic mass is 9.57. The van der Waals surface area contributed by atoms with Gasteiger partial charge in [-0.05, 0) is 24.2 Å². The predicted octanol–water partition coefficient (Wildman–Crippen LogP) is 5.04. The first-order valence-electron chi connectivity index (χ1n) is 5.63. The number of rotatable bonds is 4. The largest absolute Gasteiger partial charge is 0.395 e. The highest BCUT2D eigenvalue weighted by molar-refractivity contribution is 4.97. The third kappa shape index (κ3) is 2.16. The van der Waals surface area contributed by atoms with Gasteiger partial charge in [-0.25, -0.2) is 0 Å². The molecule has 0 N–H and O–H groups in total. The molecule has 0 aliphatic carbocycles. The molecule has 92 valence electrons. The molecule has 0 nitrogen and oxygen atoms in total. The van der Waals surface area contributed by atoms with Crippen LogP contribution in [0.15, 0.2) is 0 Å². The number of halogens is 3. The van der Waals surface area contributed by atoms with Gasteiger partial charge in [0, 0.05) is 0 Å². The summed E-state index contributed by atoms with van der Waals surface area (Å²) in [5.74, 6) is -0.401. The van der Waals surface area contributed by atoms with Gasteiger partial charge in [0.2, 0.25) is 0 Å². The normalized spacial score (nSPS) is 18.0. The summed E-state index contributed by atoms with van der Waals surface area (Å²) in [4.78, 5) is 0. The Balaban J connectivity index is 5.48. The Labute approximate surface area is 91.3 Å². The van der Waals surface area contributed by atoms with Gasteiger partial charge in [0.25, 0.3) is 0 Å². The maximum Gasteiger partial charge on any atom is 0.395 e. The van der Waals surface area contributed by atoms with Crippen LogP contribution in [0.5, 0.6) is 0 Å². The zero-order chi connectivity index (χ0) is 12.5.